The van der Waals surface area contributed by atoms with Crippen LogP contribution in [0.5, 0.6) is 0 Å². The molecule has 0 fully saturated rings. The Hall–Kier alpha value is -7.57. The van der Waals surface area contributed by atoms with Crippen LogP contribution >= 0.6 is 11.3 Å². The van der Waals surface area contributed by atoms with Crippen molar-refractivity contribution >= 4 is 59.3 Å². The number of nitrogens with zero attached hydrogens (tertiary/aromatic N) is 1. The molecular weight excluding hydrogens is 787 g/mol. The first kappa shape index (κ1) is 36.1. The van der Waals surface area contributed by atoms with Crippen LogP contribution in [0.1, 0.15) is 51.3 Å². The fourth-order valence-electron chi connectivity index (χ4n) is 10.4. The lowest BCUT2D eigenvalue weighted by Gasteiger charge is -2.35. The maximum absolute atomic E-state index is 6.70. The van der Waals surface area contributed by atoms with Gasteiger partial charge in [0.05, 0.1) is 5.41 Å². The number of nitrogens with one attached hydrogen (secondary N) is 2. The van der Waals surface area contributed by atoms with Gasteiger partial charge >= 0.3 is 0 Å². The lowest BCUT2D eigenvalue weighted by atomic mass is 9.67. The van der Waals surface area contributed by atoms with Crippen molar-refractivity contribution in [2.45, 2.75) is 17.7 Å². The van der Waals surface area contributed by atoms with Crippen LogP contribution in [0.15, 0.2) is 222 Å². The van der Waals surface area contributed by atoms with Crippen molar-refractivity contribution in [3.8, 4) is 22.3 Å². The zero-order valence-corrected chi connectivity index (χ0v) is 34.9. The Labute approximate surface area is 368 Å². The predicted molar refractivity (Wildman–Crippen MR) is 261 cm³/mol. The highest BCUT2D eigenvalue weighted by Crippen LogP contribution is 2.58. The third-order valence-electron chi connectivity index (χ3n) is 13.2. The molecule has 5 heteroatoms. The number of benzene rings is 9. The second-order valence-electron chi connectivity index (χ2n) is 16.6. The van der Waals surface area contributed by atoms with Crippen LogP contribution in [0.2, 0.25) is 0 Å². The second-order valence-corrected chi connectivity index (χ2v) is 17.7. The van der Waals surface area contributed by atoms with E-state index in [1.807, 2.05) is 11.3 Å². The highest BCUT2D eigenvalue weighted by atomic mass is 32.1. The Morgan fingerprint density at radius 3 is 1.86 bits per heavy atom. The summed E-state index contributed by atoms with van der Waals surface area (Å²) in [6.07, 6.45) is -0.446. The molecule has 298 valence electrons. The molecule has 2 unspecified atom stereocenters. The molecule has 0 saturated heterocycles. The van der Waals surface area contributed by atoms with E-state index in [1.54, 1.807) is 0 Å². The molecule has 0 amide bonds. The Morgan fingerprint density at radius 1 is 0.492 bits per heavy atom. The quantitative estimate of drug-likeness (QED) is 0.176. The van der Waals surface area contributed by atoms with Gasteiger partial charge in [-0.2, -0.15) is 0 Å². The van der Waals surface area contributed by atoms with Gasteiger partial charge in [-0.3, -0.25) is 5.32 Å². The van der Waals surface area contributed by atoms with E-state index in [1.165, 1.54) is 64.7 Å². The first-order chi connectivity index (χ1) is 31.2. The minimum atomic E-state index is -0.622. The van der Waals surface area contributed by atoms with Crippen LogP contribution in [0, 0.1) is 0 Å². The number of aliphatic imine (C=N–C) groups is 1. The maximum Gasteiger partial charge on any atom is 0.144 e. The Kier molecular flexibility index (Phi) is 8.17. The Balaban J connectivity index is 1.05. The topological polar surface area (TPSA) is 49.6 Å². The van der Waals surface area contributed by atoms with Crippen LogP contribution in [0.4, 0.5) is 0 Å². The molecule has 63 heavy (non-hydrogen) atoms. The lowest BCUT2D eigenvalue weighted by Crippen LogP contribution is -2.45. The maximum atomic E-state index is 6.70. The van der Waals surface area contributed by atoms with Gasteiger partial charge in [0, 0.05) is 42.1 Å². The molecule has 2 aliphatic rings. The van der Waals surface area contributed by atoms with Gasteiger partial charge in [0.15, 0.2) is 0 Å². The molecule has 1 aliphatic heterocycles. The van der Waals surface area contributed by atoms with E-state index in [0.29, 0.717) is 0 Å². The van der Waals surface area contributed by atoms with E-state index in [-0.39, 0.29) is 12.3 Å². The van der Waals surface area contributed by atoms with Gasteiger partial charge in [-0.1, -0.05) is 188 Å². The van der Waals surface area contributed by atoms with Crippen molar-refractivity contribution in [1.82, 2.24) is 10.6 Å². The number of hydrogen-bond donors (Lipinski definition) is 2. The average molecular weight is 826 g/mol. The molecule has 0 saturated carbocycles. The van der Waals surface area contributed by atoms with Crippen molar-refractivity contribution < 1.29 is 4.42 Å². The van der Waals surface area contributed by atoms with Crippen LogP contribution in [0.25, 0.3) is 64.4 Å². The molecule has 0 spiro atoms. The predicted octanol–water partition coefficient (Wildman–Crippen LogP) is 14.3. The second kappa shape index (κ2) is 14.2. The average Bonchev–Trinajstić information content (AvgIpc) is 4.03. The van der Waals surface area contributed by atoms with Gasteiger partial charge in [-0.25, -0.2) is 4.99 Å². The fourth-order valence-corrected chi connectivity index (χ4v) is 11.7. The molecule has 2 atom stereocenters. The minimum Gasteiger partial charge on any atom is -0.455 e. The molecule has 9 aromatic carbocycles. The van der Waals surface area contributed by atoms with Gasteiger partial charge in [-0.15, -0.1) is 11.3 Å². The smallest absolute Gasteiger partial charge is 0.144 e. The first-order valence-electron chi connectivity index (χ1n) is 21.6. The van der Waals surface area contributed by atoms with E-state index in [4.69, 9.17) is 9.41 Å². The number of amidine groups is 1. The minimum absolute atomic E-state index is 0.139. The number of fused-ring (bicyclic) bond motifs is 10. The van der Waals surface area contributed by atoms with Gasteiger partial charge in [-0.05, 0) is 74.3 Å². The summed E-state index contributed by atoms with van der Waals surface area (Å²) in [6, 6.07) is 77.0. The van der Waals surface area contributed by atoms with Crippen LogP contribution in [0.3, 0.4) is 0 Å². The zero-order valence-electron chi connectivity index (χ0n) is 34.1. The normalized spacial score (nSPS) is 16.5. The summed E-state index contributed by atoms with van der Waals surface area (Å²) in [5.41, 5.74) is 14.4. The summed E-state index contributed by atoms with van der Waals surface area (Å²) in [4.78, 5) is 5.40. The van der Waals surface area contributed by atoms with Crippen molar-refractivity contribution in [2.24, 2.45) is 4.99 Å². The van der Waals surface area contributed by atoms with Gasteiger partial charge in [0.1, 0.15) is 29.3 Å². The van der Waals surface area contributed by atoms with E-state index in [2.05, 4.69) is 223 Å². The largest absolute Gasteiger partial charge is 0.455 e. The SMILES string of the molecule is c1ccc(C2=NC(c3ccc4c(c3)C(c3ccccc3)(c3ccccc3)c3cc(-c5cc6c7ccccc7oc6c6c5sc5ccccc56)ccc3-4)NC(c3ccccc3)N2)cc1. The highest BCUT2D eigenvalue weighted by Gasteiger charge is 2.47. The van der Waals surface area contributed by atoms with Gasteiger partial charge in [0.25, 0.3) is 0 Å². The van der Waals surface area contributed by atoms with E-state index < -0.39 is 5.41 Å². The molecule has 0 bridgehead atoms. The summed E-state index contributed by atoms with van der Waals surface area (Å²) < 4.78 is 9.19. The Morgan fingerprint density at radius 2 is 1.11 bits per heavy atom. The number of para-hydroxylation sites is 1. The summed E-state index contributed by atoms with van der Waals surface area (Å²) in [5.74, 6) is 0.869. The van der Waals surface area contributed by atoms with Crippen molar-refractivity contribution in [3.05, 3.63) is 251 Å². The monoisotopic (exact) mass is 825 g/mol. The van der Waals surface area contributed by atoms with Crippen LogP contribution in [-0.4, -0.2) is 5.84 Å². The number of rotatable bonds is 6. The van der Waals surface area contributed by atoms with Crippen LogP contribution < -0.4 is 10.6 Å². The first-order valence-corrected chi connectivity index (χ1v) is 22.4. The van der Waals surface area contributed by atoms with E-state index in [0.717, 1.165) is 44.5 Å². The standard InChI is InChI=1S/C58H39N3OS/c1-5-17-36(18-6-1)55-59-56(37-19-7-2-8-20-37)61-57(60-55)39-30-32-43-42-31-29-38(33-48(42)58(49(43)34-39,40-21-9-3-10-22-40)41-23-11-4-12-24-41)46-35-47-44-25-13-15-27-50(44)62-53(47)52-45-26-14-16-28-51(45)63-54(46)52/h1-35,55,57,60H,(H,59,61). The molecule has 13 rings (SSSR count). The summed E-state index contributed by atoms with van der Waals surface area (Å²) in [6.45, 7) is 0. The van der Waals surface area contributed by atoms with E-state index in [9.17, 15) is 0 Å². The molecule has 0 radical (unpaired) electrons. The van der Waals surface area contributed by atoms with Gasteiger partial charge in [0.2, 0.25) is 0 Å². The summed E-state index contributed by atoms with van der Waals surface area (Å²) in [7, 11) is 0. The van der Waals surface area contributed by atoms with E-state index >= 15 is 0 Å². The van der Waals surface area contributed by atoms with Crippen molar-refractivity contribution in [2.75, 3.05) is 0 Å². The van der Waals surface area contributed by atoms with Crippen molar-refractivity contribution in [3.63, 3.8) is 0 Å². The summed E-state index contributed by atoms with van der Waals surface area (Å²) in [5, 5.41) is 12.3. The molecule has 11 aromatic rings. The lowest BCUT2D eigenvalue weighted by molar-refractivity contribution is 0.408. The van der Waals surface area contributed by atoms with Crippen LogP contribution in [-0.2, 0) is 5.41 Å². The molecule has 1 aliphatic carbocycles. The third-order valence-corrected chi connectivity index (χ3v) is 14.4. The number of hydrogen-bond acceptors (Lipinski definition) is 5. The highest BCUT2D eigenvalue weighted by molar-refractivity contribution is 7.26. The third kappa shape index (κ3) is 5.53. The van der Waals surface area contributed by atoms with Gasteiger partial charge < -0.3 is 9.73 Å². The molecule has 4 nitrogen and oxygen atoms in total. The molecule has 2 aromatic heterocycles. The molecular formula is C58H39N3OS. The van der Waals surface area contributed by atoms with Crippen molar-refractivity contribution in [1.29, 1.82) is 0 Å². The Bertz CT molecular complexity index is 3540. The number of furan rings is 1. The fraction of sp³-hybridized carbons (Fsp3) is 0.0517. The zero-order chi connectivity index (χ0) is 41.5. The molecule has 3 heterocycles. The molecule has 2 N–H and O–H groups in total. The number of thiophene rings is 1. The summed E-state index contributed by atoms with van der Waals surface area (Å²) >= 11 is 1.85.